The van der Waals surface area contributed by atoms with Crippen molar-refractivity contribution in [3.05, 3.63) is 9.93 Å². The molecule has 0 spiro atoms. The molecule has 0 amide bonds. The molecule has 0 unspecified atom stereocenters. The maximum atomic E-state index is 7.00. The molecule has 0 aliphatic heterocycles. The molecule has 0 aromatic heterocycles. The molecule has 0 saturated heterocycles. The van der Waals surface area contributed by atoms with E-state index in [1.54, 1.807) is 0 Å². The SMILES string of the molecule is C.CO.O.O=O. The normalized spacial score (nSPS) is 1.67. The Kier molecular flexibility index (Phi) is 1980. The highest BCUT2D eigenvalue weighted by molar-refractivity contribution is 4.07. The van der Waals surface area contributed by atoms with Gasteiger partial charge in [-0.2, -0.15) is 0 Å². The highest BCUT2D eigenvalue weighted by atomic mass is 16.7. The third-order valence-electron chi connectivity index (χ3n) is 0. The van der Waals surface area contributed by atoms with Crippen LogP contribution in [0.1, 0.15) is 7.43 Å². The van der Waals surface area contributed by atoms with E-state index in [1.807, 2.05) is 0 Å². The van der Waals surface area contributed by atoms with E-state index in [2.05, 4.69) is 0 Å². The smallest absolute Gasteiger partial charge is 0.0319 e. The topological polar surface area (TPSA) is 85.9 Å². The molecule has 0 bridgehead atoms. The van der Waals surface area contributed by atoms with Crippen molar-refractivity contribution >= 4 is 0 Å². The van der Waals surface area contributed by atoms with Crippen LogP contribution in [-0.4, -0.2) is 17.7 Å². The van der Waals surface area contributed by atoms with Gasteiger partial charge in [0.1, 0.15) is 0 Å². The Morgan fingerprint density at radius 1 is 1.17 bits per heavy atom. The van der Waals surface area contributed by atoms with Gasteiger partial charge in [-0.25, -0.2) is 0 Å². The summed E-state index contributed by atoms with van der Waals surface area (Å²) >= 11 is 0. The van der Waals surface area contributed by atoms with Crippen molar-refractivity contribution in [2.45, 2.75) is 7.43 Å². The Labute approximate surface area is 36.3 Å². The Bertz CT molecular complexity index is 5.51. The standard InChI is InChI=1S/CH4O.CH4.O2.H2O/c1-2;;1-2;/h2H,1H3;1H4;;1H2. The molecule has 3 N–H and O–H groups in total. The van der Waals surface area contributed by atoms with Crippen molar-refractivity contribution in [3.63, 3.8) is 0 Å². The predicted octanol–water partition coefficient (Wildman–Crippen LogP) is -0.513. The van der Waals surface area contributed by atoms with Crippen molar-refractivity contribution in [2.24, 2.45) is 0 Å². The van der Waals surface area contributed by atoms with Gasteiger partial charge in [0, 0.05) is 17.0 Å². The van der Waals surface area contributed by atoms with Gasteiger partial charge in [-0.15, -0.1) is 0 Å². The third kappa shape index (κ3) is 97.0. The van der Waals surface area contributed by atoms with E-state index in [9.17, 15) is 0 Å². The van der Waals surface area contributed by atoms with E-state index in [4.69, 9.17) is 15.0 Å². The molecule has 0 atom stereocenters. The van der Waals surface area contributed by atoms with Crippen molar-refractivity contribution in [3.8, 4) is 0 Å². The van der Waals surface area contributed by atoms with Gasteiger partial charge in [-0.3, -0.25) is 0 Å². The average Bonchev–Trinajstić information content (AvgIpc) is 1.50. The van der Waals surface area contributed by atoms with Gasteiger partial charge in [-0.05, 0) is 0 Å². The zero-order valence-electron chi connectivity index (χ0n) is 2.76. The minimum Gasteiger partial charge on any atom is -0.412 e. The van der Waals surface area contributed by atoms with E-state index in [0.717, 1.165) is 7.11 Å². The number of aliphatic hydroxyl groups excluding tert-OH is 1. The Balaban J connectivity index is -0.00000000500. The highest BCUT2D eigenvalue weighted by Gasteiger charge is 0.839. The van der Waals surface area contributed by atoms with Crippen LogP contribution in [0.5, 0.6) is 0 Å². The second-order valence-corrected chi connectivity index (χ2v) is 0. The van der Waals surface area contributed by atoms with Gasteiger partial charge in [0.15, 0.2) is 0 Å². The number of hydrogen-bond acceptors (Lipinski definition) is 3. The van der Waals surface area contributed by atoms with Gasteiger partial charge in [-0.1, -0.05) is 7.43 Å². The predicted molar refractivity (Wildman–Crippen MR) is 25.2 cm³/mol. The lowest BCUT2D eigenvalue weighted by Crippen LogP contribution is -1.25. The zero-order chi connectivity index (χ0) is 4.00. The van der Waals surface area contributed by atoms with Gasteiger partial charge in [0.2, 0.25) is 0 Å². The zero-order valence-corrected chi connectivity index (χ0v) is 2.76. The molecule has 0 radical (unpaired) electrons. The second kappa shape index (κ2) is 243. The van der Waals surface area contributed by atoms with E-state index < -0.39 is 0 Å². The summed E-state index contributed by atoms with van der Waals surface area (Å²) in [6.45, 7) is 0. The van der Waals surface area contributed by atoms with Crippen LogP contribution in [0.2, 0.25) is 0 Å². The first-order valence-electron chi connectivity index (χ1n) is 0.614. The molecule has 0 rings (SSSR count). The Morgan fingerprint density at radius 3 is 1.17 bits per heavy atom. The van der Waals surface area contributed by atoms with Gasteiger partial charge < -0.3 is 10.6 Å². The largest absolute Gasteiger partial charge is 0.412 e. The molecule has 4 heteroatoms. The number of hydrogen-bond donors (Lipinski definition) is 1. The monoisotopic (exact) mass is 98.1 g/mol. The quantitative estimate of drug-likeness (QED) is 0.442. The maximum absolute atomic E-state index is 7.00. The van der Waals surface area contributed by atoms with Crippen LogP contribution in [0.3, 0.4) is 0 Å². The molecular weight excluding hydrogens is 88.0 g/mol. The lowest BCUT2D eigenvalue weighted by atomic mass is 11.8. The minimum absolute atomic E-state index is 0. The van der Waals surface area contributed by atoms with E-state index >= 15 is 0 Å². The summed E-state index contributed by atoms with van der Waals surface area (Å²) in [6, 6.07) is 0. The van der Waals surface area contributed by atoms with Crippen LogP contribution < -0.4 is 0 Å². The lowest BCUT2D eigenvalue weighted by molar-refractivity contribution is 0.399. The molecule has 0 aliphatic rings. The summed E-state index contributed by atoms with van der Waals surface area (Å²) in [4.78, 5) is 14.0. The fourth-order valence-electron chi connectivity index (χ4n) is 0. The van der Waals surface area contributed by atoms with Crippen molar-refractivity contribution in [1.29, 1.82) is 0 Å². The van der Waals surface area contributed by atoms with Crippen LogP contribution in [-0.2, 0) is 0 Å². The first kappa shape index (κ1) is 48.8. The van der Waals surface area contributed by atoms with E-state index in [0.29, 0.717) is 0 Å². The molecule has 0 aromatic rings. The van der Waals surface area contributed by atoms with Crippen molar-refractivity contribution in [2.75, 3.05) is 7.11 Å². The molecule has 0 aromatic carbocycles. The van der Waals surface area contributed by atoms with Gasteiger partial charge >= 0.3 is 0 Å². The lowest BCUT2D eigenvalue weighted by Gasteiger charge is -1.21. The summed E-state index contributed by atoms with van der Waals surface area (Å²) in [6.07, 6.45) is 0. The minimum atomic E-state index is 0. The first-order chi connectivity index (χ1) is 2.00. The van der Waals surface area contributed by atoms with E-state index in [1.165, 1.54) is 0 Å². The van der Waals surface area contributed by atoms with Gasteiger partial charge in [0.05, 0.1) is 0 Å². The van der Waals surface area contributed by atoms with Crippen LogP contribution in [0.25, 0.3) is 0 Å². The summed E-state index contributed by atoms with van der Waals surface area (Å²) < 4.78 is 0. The average molecular weight is 98.1 g/mol. The summed E-state index contributed by atoms with van der Waals surface area (Å²) in [5.74, 6) is 0. The van der Waals surface area contributed by atoms with Gasteiger partial charge in [0.25, 0.3) is 0 Å². The number of aliphatic hydroxyl groups is 1. The first-order valence-corrected chi connectivity index (χ1v) is 0.614. The molecule has 0 aliphatic carbocycles. The fraction of sp³-hybridized carbons (Fsp3) is 1.00. The molecular formula is C2H10O4. The maximum Gasteiger partial charge on any atom is 0.0319 e. The van der Waals surface area contributed by atoms with Crippen LogP contribution in [0.4, 0.5) is 0 Å². The highest BCUT2D eigenvalue weighted by Crippen LogP contribution is 0.755. The Morgan fingerprint density at radius 2 is 1.17 bits per heavy atom. The second-order valence-electron chi connectivity index (χ2n) is 0. The van der Waals surface area contributed by atoms with Crippen molar-refractivity contribution < 1.29 is 10.6 Å². The van der Waals surface area contributed by atoms with Crippen molar-refractivity contribution in [1.82, 2.24) is 0 Å². The van der Waals surface area contributed by atoms with Crippen LogP contribution in [0, 0.1) is 9.93 Å². The summed E-state index contributed by atoms with van der Waals surface area (Å²) in [5, 5.41) is 7.00. The summed E-state index contributed by atoms with van der Waals surface area (Å²) in [7, 11) is 1.00. The third-order valence-corrected chi connectivity index (χ3v) is 0. The van der Waals surface area contributed by atoms with E-state index in [-0.39, 0.29) is 12.9 Å². The fourth-order valence-corrected chi connectivity index (χ4v) is 0. The molecule has 42 valence electrons. The molecule has 0 saturated carbocycles. The molecule has 0 heterocycles. The molecule has 4 nitrogen and oxygen atoms in total. The molecule has 0 fully saturated rings. The Hall–Kier alpha value is -0.480. The molecule has 6 heavy (non-hydrogen) atoms. The number of rotatable bonds is 0. The van der Waals surface area contributed by atoms with Crippen LogP contribution in [0.15, 0.2) is 0 Å². The van der Waals surface area contributed by atoms with Crippen LogP contribution >= 0.6 is 0 Å². The summed E-state index contributed by atoms with van der Waals surface area (Å²) in [5.41, 5.74) is 0.